The molecule has 0 aliphatic rings. The second-order valence-electron chi connectivity index (χ2n) is 3.70. The topological polar surface area (TPSA) is 134 Å². The summed E-state index contributed by atoms with van der Waals surface area (Å²) in [6.07, 6.45) is 0. The molecule has 0 aliphatic heterocycles. The summed E-state index contributed by atoms with van der Waals surface area (Å²) in [7, 11) is 1.24. The Morgan fingerprint density at radius 1 is 1.20 bits per heavy atom. The second-order valence-corrected chi connectivity index (χ2v) is 3.70. The van der Waals surface area contributed by atoms with Crippen molar-refractivity contribution in [1.82, 2.24) is 0 Å². The van der Waals surface area contributed by atoms with Crippen LogP contribution in [0.3, 0.4) is 0 Å². The number of benzene rings is 1. The molecule has 0 aromatic heterocycles. The van der Waals surface area contributed by atoms with E-state index in [1.807, 2.05) is 0 Å². The Morgan fingerprint density at radius 2 is 1.80 bits per heavy atom. The third-order valence-corrected chi connectivity index (χ3v) is 2.29. The highest BCUT2D eigenvalue weighted by Gasteiger charge is 2.13. The number of carbonyl (C=O) groups excluding carboxylic acids is 2. The van der Waals surface area contributed by atoms with Gasteiger partial charge in [0.1, 0.15) is 19.8 Å². The Kier molecular flexibility index (Phi) is 5.60. The molecular weight excluding hydrogens is 268 g/mol. The first-order chi connectivity index (χ1) is 9.49. The Bertz CT molecular complexity index is 480. The number of aliphatic hydroxyl groups excluding tert-OH is 1. The van der Waals surface area contributed by atoms with Crippen LogP contribution in [0.25, 0.3) is 0 Å². The van der Waals surface area contributed by atoms with Crippen LogP contribution in [0.5, 0.6) is 5.75 Å². The maximum atomic E-state index is 11.3. The summed E-state index contributed by atoms with van der Waals surface area (Å²) in [6, 6.07) is 2.74. The van der Waals surface area contributed by atoms with Crippen molar-refractivity contribution in [2.75, 3.05) is 38.4 Å². The Morgan fingerprint density at radius 3 is 2.30 bits per heavy atom. The van der Waals surface area contributed by atoms with Crippen LogP contribution in [0.2, 0.25) is 0 Å². The van der Waals surface area contributed by atoms with Crippen molar-refractivity contribution < 1.29 is 28.9 Å². The van der Waals surface area contributed by atoms with Crippen molar-refractivity contribution in [3.63, 3.8) is 0 Å². The molecule has 110 valence electrons. The number of aliphatic hydroxyl groups is 1. The number of methoxy groups -OCH3 is 1. The molecule has 0 aliphatic carbocycles. The number of hydrogen-bond acceptors (Lipinski definition) is 8. The minimum atomic E-state index is -0.754. The van der Waals surface area contributed by atoms with E-state index in [1.165, 1.54) is 19.2 Å². The van der Waals surface area contributed by atoms with E-state index in [9.17, 15) is 9.59 Å². The zero-order chi connectivity index (χ0) is 15.1. The Hall–Kier alpha value is -2.48. The van der Waals surface area contributed by atoms with E-state index in [0.29, 0.717) is 0 Å². The fourth-order valence-corrected chi connectivity index (χ4v) is 1.42. The van der Waals surface area contributed by atoms with Crippen molar-refractivity contribution in [3.8, 4) is 5.75 Å². The van der Waals surface area contributed by atoms with E-state index in [-0.39, 0.29) is 35.9 Å². The van der Waals surface area contributed by atoms with Gasteiger partial charge >= 0.3 is 11.9 Å². The van der Waals surface area contributed by atoms with Crippen LogP contribution in [0.4, 0.5) is 11.4 Å². The van der Waals surface area contributed by atoms with Gasteiger partial charge in [0.2, 0.25) is 0 Å². The van der Waals surface area contributed by atoms with Crippen LogP contribution in [0.1, 0.15) is 10.4 Å². The normalized spacial score (nSPS) is 9.90. The molecule has 0 saturated heterocycles. The number of ether oxygens (including phenoxy) is 3. The van der Waals surface area contributed by atoms with Gasteiger partial charge in [0.15, 0.2) is 5.75 Å². The molecule has 0 fully saturated rings. The van der Waals surface area contributed by atoms with Gasteiger partial charge in [-0.1, -0.05) is 0 Å². The number of esters is 2. The molecule has 0 amide bonds. The van der Waals surface area contributed by atoms with Crippen molar-refractivity contribution >= 4 is 23.3 Å². The fourth-order valence-electron chi connectivity index (χ4n) is 1.42. The first-order valence-electron chi connectivity index (χ1n) is 5.66. The Balaban J connectivity index is 2.67. The van der Waals surface area contributed by atoms with Gasteiger partial charge < -0.3 is 30.8 Å². The highest BCUT2D eigenvalue weighted by Crippen LogP contribution is 2.30. The lowest BCUT2D eigenvalue weighted by atomic mass is 10.1. The summed E-state index contributed by atoms with van der Waals surface area (Å²) in [5, 5.41) is 8.45. The predicted octanol–water partition coefficient (Wildman–Crippen LogP) is -0.448. The summed E-state index contributed by atoms with van der Waals surface area (Å²) in [6.45, 7) is -0.743. The van der Waals surface area contributed by atoms with E-state index >= 15 is 0 Å². The smallest absolute Gasteiger partial charge is 0.338 e. The summed E-state index contributed by atoms with van der Waals surface area (Å²) in [4.78, 5) is 22.0. The van der Waals surface area contributed by atoms with Crippen LogP contribution in [-0.2, 0) is 14.3 Å². The third kappa shape index (κ3) is 4.02. The molecule has 8 heteroatoms. The molecule has 0 saturated carbocycles. The van der Waals surface area contributed by atoms with E-state index < -0.39 is 18.5 Å². The molecule has 1 rings (SSSR count). The molecule has 0 radical (unpaired) electrons. The lowest BCUT2D eigenvalue weighted by Gasteiger charge is -2.12. The first-order valence-corrected chi connectivity index (χ1v) is 5.66. The largest absolute Gasteiger partial charge is 0.486 e. The van der Waals surface area contributed by atoms with Crippen molar-refractivity contribution in [3.05, 3.63) is 17.7 Å². The van der Waals surface area contributed by atoms with E-state index in [2.05, 4.69) is 9.47 Å². The Labute approximate surface area is 115 Å². The minimum absolute atomic E-state index is 0.0116. The molecule has 0 unspecified atom stereocenters. The van der Waals surface area contributed by atoms with E-state index in [4.69, 9.17) is 21.3 Å². The summed E-state index contributed by atoms with van der Waals surface area (Å²) < 4.78 is 14.4. The predicted molar refractivity (Wildman–Crippen MR) is 70.1 cm³/mol. The van der Waals surface area contributed by atoms with Gasteiger partial charge in [-0.05, 0) is 12.1 Å². The molecule has 1 aromatic rings. The van der Waals surface area contributed by atoms with E-state index in [1.54, 1.807) is 0 Å². The number of rotatable bonds is 6. The summed E-state index contributed by atoms with van der Waals surface area (Å²) in [5.74, 6) is -1.12. The van der Waals surface area contributed by atoms with Crippen LogP contribution < -0.4 is 16.2 Å². The molecule has 8 nitrogen and oxygen atoms in total. The maximum Gasteiger partial charge on any atom is 0.338 e. The standard InChI is InChI=1S/C12H16N2O6/c1-18-12(17)7-4-8(13)11(9(14)5-7)20-3-2-19-10(16)6-15/h4-5,15H,2-3,6,13-14H2,1H3. The molecule has 0 bridgehead atoms. The highest BCUT2D eigenvalue weighted by molar-refractivity contribution is 5.93. The fraction of sp³-hybridized carbons (Fsp3) is 0.333. The molecule has 0 spiro atoms. The lowest BCUT2D eigenvalue weighted by molar-refractivity contribution is -0.147. The highest BCUT2D eigenvalue weighted by atomic mass is 16.6. The maximum absolute atomic E-state index is 11.3. The third-order valence-electron chi connectivity index (χ3n) is 2.29. The monoisotopic (exact) mass is 284 g/mol. The molecule has 1 aromatic carbocycles. The zero-order valence-corrected chi connectivity index (χ0v) is 10.9. The van der Waals surface area contributed by atoms with Crippen molar-refractivity contribution in [2.45, 2.75) is 0 Å². The molecule has 20 heavy (non-hydrogen) atoms. The van der Waals surface area contributed by atoms with Crippen molar-refractivity contribution in [2.24, 2.45) is 0 Å². The summed E-state index contributed by atoms with van der Waals surface area (Å²) in [5.41, 5.74) is 12.0. The number of anilines is 2. The number of nitrogen functional groups attached to an aromatic ring is 2. The first kappa shape index (κ1) is 15.6. The second kappa shape index (κ2) is 7.19. The van der Waals surface area contributed by atoms with Crippen LogP contribution in [0, 0.1) is 0 Å². The van der Waals surface area contributed by atoms with Gasteiger partial charge in [0, 0.05) is 0 Å². The average Bonchev–Trinajstić information content (AvgIpc) is 2.44. The quantitative estimate of drug-likeness (QED) is 0.363. The number of hydrogen-bond donors (Lipinski definition) is 3. The number of carbonyl (C=O) groups is 2. The number of nitrogens with two attached hydrogens (primary N) is 2. The van der Waals surface area contributed by atoms with Crippen molar-refractivity contribution in [1.29, 1.82) is 0 Å². The van der Waals surface area contributed by atoms with Crippen LogP contribution in [0.15, 0.2) is 12.1 Å². The van der Waals surface area contributed by atoms with E-state index in [0.717, 1.165) is 0 Å². The van der Waals surface area contributed by atoms with Gasteiger partial charge in [-0.3, -0.25) is 0 Å². The van der Waals surface area contributed by atoms with Crippen LogP contribution in [-0.4, -0.2) is 44.0 Å². The lowest BCUT2D eigenvalue weighted by Crippen LogP contribution is -2.15. The van der Waals surface area contributed by atoms with Gasteiger partial charge in [0.25, 0.3) is 0 Å². The molecule has 0 atom stereocenters. The van der Waals surface area contributed by atoms with Gasteiger partial charge in [0.05, 0.1) is 24.0 Å². The molecular formula is C12H16N2O6. The minimum Gasteiger partial charge on any atom is -0.486 e. The van der Waals surface area contributed by atoms with Crippen LogP contribution >= 0.6 is 0 Å². The molecule has 0 heterocycles. The van der Waals surface area contributed by atoms with Gasteiger partial charge in [-0.2, -0.15) is 0 Å². The zero-order valence-electron chi connectivity index (χ0n) is 10.9. The average molecular weight is 284 g/mol. The molecule has 5 N–H and O–H groups in total. The SMILES string of the molecule is COC(=O)c1cc(N)c(OCCOC(=O)CO)c(N)c1. The van der Waals surface area contributed by atoms with Gasteiger partial charge in [-0.25, -0.2) is 9.59 Å². The summed E-state index contributed by atoms with van der Waals surface area (Å²) >= 11 is 0. The van der Waals surface area contributed by atoms with Gasteiger partial charge in [-0.15, -0.1) is 0 Å².